The van der Waals surface area contributed by atoms with E-state index in [0.717, 1.165) is 18.7 Å². The van der Waals surface area contributed by atoms with Crippen LogP contribution in [0.5, 0.6) is 0 Å². The highest BCUT2D eigenvalue weighted by Gasteiger charge is 2.19. The van der Waals surface area contributed by atoms with Crippen LogP contribution in [0.1, 0.15) is 26.7 Å². The van der Waals surface area contributed by atoms with Crippen molar-refractivity contribution in [3.8, 4) is 0 Å². The Kier molecular flexibility index (Phi) is 3.87. The van der Waals surface area contributed by atoms with Gasteiger partial charge in [-0.3, -0.25) is 4.79 Å². The molecule has 2 aliphatic rings. The molecule has 1 heterocycles. The van der Waals surface area contributed by atoms with E-state index < -0.39 is 0 Å². The van der Waals surface area contributed by atoms with E-state index in [2.05, 4.69) is 26.0 Å². The predicted molar refractivity (Wildman–Crippen MR) is 67.3 cm³/mol. The Morgan fingerprint density at radius 2 is 2.24 bits per heavy atom. The van der Waals surface area contributed by atoms with Gasteiger partial charge in [-0.05, 0) is 30.4 Å². The number of carbonyl (C=O) groups excluding carboxylic acids is 1. The summed E-state index contributed by atoms with van der Waals surface area (Å²) in [5.74, 6) is 2.33. The van der Waals surface area contributed by atoms with Gasteiger partial charge in [0, 0.05) is 13.0 Å². The van der Waals surface area contributed by atoms with Crippen molar-refractivity contribution in [1.82, 2.24) is 4.90 Å². The molecule has 0 spiro atoms. The molecule has 0 N–H and O–H groups in total. The maximum Gasteiger partial charge on any atom is 0.222 e. The van der Waals surface area contributed by atoms with Gasteiger partial charge >= 0.3 is 0 Å². The van der Waals surface area contributed by atoms with Crippen molar-refractivity contribution in [1.29, 1.82) is 0 Å². The Bertz CT molecular complexity index is 346. The van der Waals surface area contributed by atoms with Crippen molar-refractivity contribution in [3.05, 3.63) is 24.0 Å². The number of nitrogens with zero attached hydrogens (tertiary/aromatic N) is 1. The molecule has 2 rings (SSSR count). The van der Waals surface area contributed by atoms with Crippen LogP contribution in [0.15, 0.2) is 24.0 Å². The smallest absolute Gasteiger partial charge is 0.222 e. The molecular weight excluding hydrogens is 214 g/mol. The van der Waals surface area contributed by atoms with Gasteiger partial charge in [0.2, 0.25) is 5.91 Å². The highest BCUT2D eigenvalue weighted by Crippen LogP contribution is 2.22. The Morgan fingerprint density at radius 1 is 1.41 bits per heavy atom. The zero-order chi connectivity index (χ0) is 12.3. The van der Waals surface area contributed by atoms with Crippen molar-refractivity contribution < 1.29 is 9.53 Å². The molecular formula is C14H21NO2. The van der Waals surface area contributed by atoms with E-state index in [-0.39, 0.29) is 5.91 Å². The van der Waals surface area contributed by atoms with Gasteiger partial charge in [-0.2, -0.15) is 0 Å². The fourth-order valence-electron chi connectivity index (χ4n) is 2.20. The average Bonchev–Trinajstić information content (AvgIpc) is 2.70. The molecule has 0 radical (unpaired) electrons. The van der Waals surface area contributed by atoms with E-state index in [0.29, 0.717) is 31.4 Å². The molecule has 1 aliphatic carbocycles. The van der Waals surface area contributed by atoms with Crippen molar-refractivity contribution >= 4 is 5.91 Å². The van der Waals surface area contributed by atoms with Crippen LogP contribution in [0.3, 0.4) is 0 Å². The molecule has 2 atom stereocenters. The maximum atomic E-state index is 11.4. The van der Waals surface area contributed by atoms with Crippen molar-refractivity contribution in [3.63, 3.8) is 0 Å². The highest BCUT2D eigenvalue weighted by atomic mass is 16.5. The molecule has 0 aromatic heterocycles. The molecule has 1 amide bonds. The third-order valence-corrected chi connectivity index (χ3v) is 3.62. The fraction of sp³-hybridized carbons (Fsp3) is 0.643. The summed E-state index contributed by atoms with van der Waals surface area (Å²) in [5.41, 5.74) is 0. The largest absolute Gasteiger partial charge is 0.492 e. The third-order valence-electron chi connectivity index (χ3n) is 3.62. The van der Waals surface area contributed by atoms with Crippen LogP contribution in [-0.4, -0.2) is 30.5 Å². The van der Waals surface area contributed by atoms with Crippen LogP contribution in [-0.2, 0) is 9.53 Å². The lowest BCUT2D eigenvalue weighted by Crippen LogP contribution is -2.28. The molecule has 0 saturated carbocycles. The first kappa shape index (κ1) is 12.2. The van der Waals surface area contributed by atoms with Gasteiger partial charge in [-0.15, -0.1) is 0 Å². The Hall–Kier alpha value is -1.25. The van der Waals surface area contributed by atoms with Crippen LogP contribution in [0.25, 0.3) is 0 Å². The SMILES string of the molecule is CC1C=C(OCCN2CCCC2=O)C=C[C@@H]1C. The molecule has 0 bridgehead atoms. The molecule has 0 aromatic carbocycles. The molecule has 3 heteroatoms. The van der Waals surface area contributed by atoms with E-state index in [1.54, 1.807) is 0 Å². The molecule has 94 valence electrons. The van der Waals surface area contributed by atoms with E-state index in [1.807, 2.05) is 11.0 Å². The van der Waals surface area contributed by atoms with Crippen LogP contribution in [0.2, 0.25) is 0 Å². The molecule has 0 aromatic rings. The second-order valence-electron chi connectivity index (χ2n) is 4.98. The van der Waals surface area contributed by atoms with E-state index in [1.165, 1.54) is 0 Å². The summed E-state index contributed by atoms with van der Waals surface area (Å²) in [4.78, 5) is 13.3. The number of ether oxygens (including phenoxy) is 1. The third kappa shape index (κ3) is 3.11. The number of carbonyl (C=O) groups is 1. The first-order chi connectivity index (χ1) is 8.16. The second-order valence-corrected chi connectivity index (χ2v) is 4.98. The van der Waals surface area contributed by atoms with Gasteiger partial charge in [-0.1, -0.05) is 19.9 Å². The zero-order valence-corrected chi connectivity index (χ0v) is 10.7. The zero-order valence-electron chi connectivity index (χ0n) is 10.7. The number of hydrogen-bond acceptors (Lipinski definition) is 2. The topological polar surface area (TPSA) is 29.5 Å². The summed E-state index contributed by atoms with van der Waals surface area (Å²) in [5, 5.41) is 0. The molecule has 1 saturated heterocycles. The van der Waals surface area contributed by atoms with Crippen LogP contribution >= 0.6 is 0 Å². The standard InChI is InChI=1S/C14H21NO2/c1-11-5-6-13(10-12(11)2)17-9-8-15-7-3-4-14(15)16/h5-6,10-12H,3-4,7-9H2,1-2H3/t11-,12?/m0/s1. The quantitative estimate of drug-likeness (QED) is 0.748. The minimum Gasteiger partial charge on any atom is -0.492 e. The summed E-state index contributed by atoms with van der Waals surface area (Å²) in [7, 11) is 0. The molecule has 1 aliphatic heterocycles. The van der Waals surface area contributed by atoms with Gasteiger partial charge in [0.25, 0.3) is 0 Å². The Balaban J connectivity index is 1.74. The summed E-state index contributed by atoms with van der Waals surface area (Å²) in [6, 6.07) is 0. The number of hydrogen-bond donors (Lipinski definition) is 0. The summed E-state index contributed by atoms with van der Waals surface area (Å²) >= 11 is 0. The number of amides is 1. The lowest BCUT2D eigenvalue weighted by Gasteiger charge is -2.21. The van der Waals surface area contributed by atoms with Crippen molar-refractivity contribution in [2.24, 2.45) is 11.8 Å². The van der Waals surface area contributed by atoms with Crippen LogP contribution < -0.4 is 0 Å². The summed E-state index contributed by atoms with van der Waals surface area (Å²) < 4.78 is 5.69. The van der Waals surface area contributed by atoms with Gasteiger partial charge < -0.3 is 9.64 Å². The highest BCUT2D eigenvalue weighted by molar-refractivity contribution is 5.78. The lowest BCUT2D eigenvalue weighted by molar-refractivity contribution is -0.128. The Morgan fingerprint density at radius 3 is 2.88 bits per heavy atom. The number of allylic oxidation sites excluding steroid dienone is 3. The summed E-state index contributed by atoms with van der Waals surface area (Å²) in [6.07, 6.45) is 8.08. The van der Waals surface area contributed by atoms with Crippen molar-refractivity contribution in [2.45, 2.75) is 26.7 Å². The minimum atomic E-state index is 0.267. The van der Waals surface area contributed by atoms with E-state index in [4.69, 9.17) is 4.74 Å². The molecule has 17 heavy (non-hydrogen) atoms. The van der Waals surface area contributed by atoms with Crippen LogP contribution in [0, 0.1) is 11.8 Å². The second kappa shape index (κ2) is 5.39. The number of likely N-dealkylation sites (tertiary alicyclic amines) is 1. The normalized spacial score (nSPS) is 28.5. The van der Waals surface area contributed by atoms with Gasteiger partial charge in [0.1, 0.15) is 12.4 Å². The van der Waals surface area contributed by atoms with Crippen molar-refractivity contribution in [2.75, 3.05) is 19.7 Å². The predicted octanol–water partition coefficient (Wildman–Crippen LogP) is 2.35. The Labute approximate surface area is 103 Å². The monoisotopic (exact) mass is 235 g/mol. The van der Waals surface area contributed by atoms with E-state index >= 15 is 0 Å². The van der Waals surface area contributed by atoms with Gasteiger partial charge in [0.05, 0.1) is 6.54 Å². The maximum absolute atomic E-state index is 11.4. The molecule has 1 unspecified atom stereocenters. The lowest BCUT2D eigenvalue weighted by atomic mass is 9.91. The molecule has 3 nitrogen and oxygen atoms in total. The number of rotatable bonds is 4. The first-order valence-electron chi connectivity index (χ1n) is 6.47. The average molecular weight is 235 g/mol. The fourth-order valence-corrected chi connectivity index (χ4v) is 2.20. The minimum absolute atomic E-state index is 0.267. The van der Waals surface area contributed by atoms with Gasteiger partial charge in [0.15, 0.2) is 0 Å². The molecule has 1 fully saturated rings. The van der Waals surface area contributed by atoms with Crippen LogP contribution in [0.4, 0.5) is 0 Å². The first-order valence-corrected chi connectivity index (χ1v) is 6.47. The van der Waals surface area contributed by atoms with Gasteiger partial charge in [-0.25, -0.2) is 0 Å². The summed E-state index contributed by atoms with van der Waals surface area (Å²) in [6.45, 7) is 6.61. The van der Waals surface area contributed by atoms with E-state index in [9.17, 15) is 4.79 Å².